The van der Waals surface area contributed by atoms with Gasteiger partial charge >= 0.3 is 0 Å². The van der Waals surface area contributed by atoms with Crippen LogP contribution in [0.2, 0.25) is 5.02 Å². The van der Waals surface area contributed by atoms with Gasteiger partial charge in [-0.15, -0.1) is 24.8 Å². The van der Waals surface area contributed by atoms with E-state index >= 15 is 0 Å². The Kier molecular flexibility index (Phi) is 9.19. The zero-order valence-corrected chi connectivity index (χ0v) is 21.1. The summed E-state index contributed by atoms with van der Waals surface area (Å²) in [6.07, 6.45) is 1.27. The summed E-state index contributed by atoms with van der Waals surface area (Å²) in [5.41, 5.74) is 1.92. The van der Waals surface area contributed by atoms with Crippen LogP contribution < -0.4 is 15.5 Å². The molecule has 0 bridgehead atoms. The minimum Gasteiger partial charge on any atom is -0.353 e. The van der Waals surface area contributed by atoms with Crippen LogP contribution in [0, 0.1) is 0 Å². The third-order valence-electron chi connectivity index (χ3n) is 6.14. The van der Waals surface area contributed by atoms with E-state index in [1.54, 1.807) is 0 Å². The molecular weight excluding hydrogens is 495 g/mol. The van der Waals surface area contributed by atoms with Crippen molar-refractivity contribution >= 4 is 65.0 Å². The summed E-state index contributed by atoms with van der Waals surface area (Å²) in [5, 5.41) is 8.65. The Morgan fingerprint density at radius 2 is 1.76 bits per heavy atom. The molecule has 2 fully saturated rings. The summed E-state index contributed by atoms with van der Waals surface area (Å²) < 4.78 is 0. The molecule has 2 aliphatic rings. The van der Waals surface area contributed by atoms with E-state index < -0.39 is 0 Å². The fraction of sp³-hybridized carbons (Fsp3) is 0.375. The highest BCUT2D eigenvalue weighted by molar-refractivity contribution is 6.30. The highest BCUT2D eigenvalue weighted by Gasteiger charge is 2.27. The van der Waals surface area contributed by atoms with Gasteiger partial charge in [0.25, 0.3) is 0 Å². The number of benzene rings is 2. The second-order valence-corrected chi connectivity index (χ2v) is 8.83. The molecule has 3 heterocycles. The van der Waals surface area contributed by atoms with Gasteiger partial charge in [-0.3, -0.25) is 4.79 Å². The number of piperazine rings is 1. The number of aromatic nitrogens is 2. The van der Waals surface area contributed by atoms with Crippen molar-refractivity contribution in [3.8, 4) is 0 Å². The standard InChI is InChI=1S/C24H27ClN6O.2ClH/c25-18-7-5-17(6-8-18)15-22(32)31-12-9-19(16-31)27-24-28-21-4-2-1-3-20(21)23(29-24)30-13-10-26-11-14-30;;/h1-8,19,26H,9-16H2,(H,27,28,29);2*1H. The van der Waals surface area contributed by atoms with Crippen molar-refractivity contribution in [3.05, 3.63) is 59.1 Å². The van der Waals surface area contributed by atoms with Crippen LogP contribution in [-0.2, 0) is 11.2 Å². The smallest absolute Gasteiger partial charge is 0.227 e. The topological polar surface area (TPSA) is 73.4 Å². The molecule has 3 aromatic rings. The average Bonchev–Trinajstić information content (AvgIpc) is 3.29. The first-order chi connectivity index (χ1) is 15.7. The van der Waals surface area contributed by atoms with Crippen LogP contribution >= 0.6 is 36.4 Å². The summed E-state index contributed by atoms with van der Waals surface area (Å²) >= 11 is 5.95. The molecule has 0 saturated carbocycles. The lowest BCUT2D eigenvalue weighted by Crippen LogP contribution is -2.44. The van der Waals surface area contributed by atoms with Gasteiger partial charge in [0.05, 0.1) is 11.9 Å². The molecule has 34 heavy (non-hydrogen) atoms. The number of para-hydroxylation sites is 1. The predicted octanol–water partition coefficient (Wildman–Crippen LogP) is 3.79. The molecule has 2 N–H and O–H groups in total. The van der Waals surface area contributed by atoms with Crippen molar-refractivity contribution < 1.29 is 4.79 Å². The average molecular weight is 524 g/mol. The molecule has 2 aromatic carbocycles. The van der Waals surface area contributed by atoms with Gasteiger partial charge in [-0.05, 0) is 36.2 Å². The molecule has 5 rings (SSSR count). The van der Waals surface area contributed by atoms with Crippen LogP contribution in [0.3, 0.4) is 0 Å². The maximum Gasteiger partial charge on any atom is 0.227 e. The van der Waals surface area contributed by atoms with E-state index in [2.05, 4.69) is 21.6 Å². The number of nitrogens with zero attached hydrogens (tertiary/aromatic N) is 4. The molecule has 1 unspecified atom stereocenters. The number of halogens is 3. The van der Waals surface area contributed by atoms with Crippen molar-refractivity contribution in [2.45, 2.75) is 18.9 Å². The van der Waals surface area contributed by atoms with Gasteiger partial charge in [-0.25, -0.2) is 4.98 Å². The second-order valence-electron chi connectivity index (χ2n) is 8.40. The Balaban J connectivity index is 0.00000162. The number of carbonyl (C=O) groups excluding carboxylic acids is 1. The number of carbonyl (C=O) groups is 1. The van der Waals surface area contributed by atoms with Gasteiger partial charge in [0.15, 0.2) is 0 Å². The van der Waals surface area contributed by atoms with Gasteiger partial charge in [-0.2, -0.15) is 4.98 Å². The molecule has 10 heteroatoms. The Bertz CT molecular complexity index is 1110. The Hall–Kier alpha value is -2.32. The molecule has 0 aliphatic carbocycles. The lowest BCUT2D eigenvalue weighted by molar-refractivity contribution is -0.129. The molecule has 1 amide bonds. The minimum atomic E-state index is 0. The largest absolute Gasteiger partial charge is 0.353 e. The molecule has 2 saturated heterocycles. The molecule has 182 valence electrons. The second kappa shape index (κ2) is 11.9. The summed E-state index contributed by atoms with van der Waals surface area (Å²) in [7, 11) is 0. The van der Waals surface area contributed by atoms with Crippen LogP contribution in [0.4, 0.5) is 11.8 Å². The summed E-state index contributed by atoms with van der Waals surface area (Å²) in [4.78, 5) is 26.7. The number of fused-ring (bicyclic) bond motifs is 1. The maximum atomic E-state index is 12.8. The highest BCUT2D eigenvalue weighted by atomic mass is 35.5. The van der Waals surface area contributed by atoms with Crippen LogP contribution in [0.15, 0.2) is 48.5 Å². The molecule has 0 radical (unpaired) electrons. The molecule has 0 spiro atoms. The van der Waals surface area contributed by atoms with Crippen molar-refractivity contribution in [2.75, 3.05) is 49.5 Å². The van der Waals surface area contributed by atoms with Gasteiger partial charge in [0.1, 0.15) is 5.82 Å². The summed E-state index contributed by atoms with van der Waals surface area (Å²) in [6, 6.07) is 15.8. The van der Waals surface area contributed by atoms with Crippen LogP contribution in [0.1, 0.15) is 12.0 Å². The Morgan fingerprint density at radius 1 is 1.03 bits per heavy atom. The van der Waals surface area contributed by atoms with E-state index in [4.69, 9.17) is 21.6 Å². The number of hydrogen-bond acceptors (Lipinski definition) is 6. The van der Waals surface area contributed by atoms with E-state index in [0.29, 0.717) is 23.9 Å². The first-order valence-electron chi connectivity index (χ1n) is 11.2. The van der Waals surface area contributed by atoms with E-state index in [0.717, 1.165) is 61.4 Å². The van der Waals surface area contributed by atoms with Crippen molar-refractivity contribution in [1.29, 1.82) is 0 Å². The van der Waals surface area contributed by atoms with Gasteiger partial charge in [0, 0.05) is 55.7 Å². The van der Waals surface area contributed by atoms with Crippen LogP contribution in [-0.4, -0.2) is 66.1 Å². The van der Waals surface area contributed by atoms with Crippen LogP contribution in [0.25, 0.3) is 10.9 Å². The number of anilines is 2. The molecule has 1 aromatic heterocycles. The van der Waals surface area contributed by atoms with Gasteiger partial charge in [-0.1, -0.05) is 35.9 Å². The number of nitrogens with one attached hydrogen (secondary N) is 2. The summed E-state index contributed by atoms with van der Waals surface area (Å²) in [5.74, 6) is 1.75. The van der Waals surface area contributed by atoms with Crippen molar-refractivity contribution in [3.63, 3.8) is 0 Å². The normalized spacial score (nSPS) is 17.7. The first kappa shape index (κ1) is 26.3. The third kappa shape index (κ3) is 6.02. The van der Waals surface area contributed by atoms with Gasteiger partial charge in [0.2, 0.25) is 11.9 Å². The number of rotatable bonds is 5. The van der Waals surface area contributed by atoms with E-state index in [1.807, 2.05) is 47.4 Å². The fourth-order valence-electron chi connectivity index (χ4n) is 4.42. The predicted molar refractivity (Wildman–Crippen MR) is 143 cm³/mol. The van der Waals surface area contributed by atoms with Crippen molar-refractivity contribution in [1.82, 2.24) is 20.2 Å². The fourth-order valence-corrected chi connectivity index (χ4v) is 4.54. The Labute approximate surface area is 217 Å². The molecule has 1 atom stereocenters. The number of amides is 1. The lowest BCUT2D eigenvalue weighted by atomic mass is 10.1. The van der Waals surface area contributed by atoms with Crippen molar-refractivity contribution in [2.24, 2.45) is 0 Å². The zero-order chi connectivity index (χ0) is 21.9. The third-order valence-corrected chi connectivity index (χ3v) is 6.39. The SMILES string of the molecule is Cl.Cl.O=C(Cc1ccc(Cl)cc1)N1CCC(Nc2nc(N3CCNCC3)c3ccccc3n2)C1. The highest BCUT2D eigenvalue weighted by Crippen LogP contribution is 2.26. The van der Waals surface area contributed by atoms with Gasteiger partial charge < -0.3 is 20.4 Å². The first-order valence-corrected chi connectivity index (χ1v) is 11.5. The lowest BCUT2D eigenvalue weighted by Gasteiger charge is -2.29. The zero-order valence-electron chi connectivity index (χ0n) is 18.7. The maximum absolute atomic E-state index is 12.8. The van der Waals surface area contributed by atoms with Crippen LogP contribution in [0.5, 0.6) is 0 Å². The molecule has 2 aliphatic heterocycles. The molecule has 7 nitrogen and oxygen atoms in total. The van der Waals surface area contributed by atoms with E-state index in [1.165, 1.54) is 0 Å². The number of hydrogen-bond donors (Lipinski definition) is 2. The van der Waals surface area contributed by atoms with E-state index in [-0.39, 0.29) is 36.8 Å². The number of likely N-dealkylation sites (tertiary alicyclic amines) is 1. The molecular formula is C24H29Cl3N6O. The quantitative estimate of drug-likeness (QED) is 0.530. The van der Waals surface area contributed by atoms with E-state index in [9.17, 15) is 4.79 Å². The Morgan fingerprint density at radius 3 is 2.53 bits per heavy atom. The summed E-state index contributed by atoms with van der Waals surface area (Å²) in [6.45, 7) is 5.16. The minimum absolute atomic E-state index is 0. The monoisotopic (exact) mass is 522 g/mol.